The van der Waals surface area contributed by atoms with Crippen molar-refractivity contribution < 1.29 is 19.4 Å². The van der Waals surface area contributed by atoms with Gasteiger partial charge in [0.2, 0.25) is 0 Å². The van der Waals surface area contributed by atoms with E-state index in [1.54, 1.807) is 7.11 Å². The number of ether oxygens (including phenoxy) is 2. The largest absolute Gasteiger partial charge is 0.504 e. The van der Waals surface area contributed by atoms with Crippen LogP contribution in [-0.2, 0) is 16.0 Å². The minimum Gasteiger partial charge on any atom is -0.504 e. The normalized spacial score (nSPS) is 35.5. The second-order valence-corrected chi connectivity index (χ2v) is 8.02. The molecule has 4 heteroatoms. The number of carbonyl (C=O) groups is 1. The Kier molecular flexibility index (Phi) is 3.82. The zero-order valence-electron chi connectivity index (χ0n) is 15.1. The van der Waals surface area contributed by atoms with E-state index in [0.29, 0.717) is 23.5 Å². The zero-order valence-corrected chi connectivity index (χ0v) is 15.1. The summed E-state index contributed by atoms with van der Waals surface area (Å²) in [4.78, 5) is 11.5. The number of phenolic OH excluding ortho intramolecular Hbond substituents is 1. The number of hydrogen-bond acceptors (Lipinski definition) is 4. The van der Waals surface area contributed by atoms with E-state index >= 15 is 0 Å². The fourth-order valence-electron chi connectivity index (χ4n) is 5.52. The molecule has 1 aromatic rings. The number of allylic oxidation sites excluding steroid dienone is 1. The molecular weight excluding hydrogens is 316 g/mol. The monoisotopic (exact) mass is 342 g/mol. The van der Waals surface area contributed by atoms with Crippen LogP contribution in [0.4, 0.5) is 0 Å². The van der Waals surface area contributed by atoms with E-state index in [2.05, 4.69) is 19.1 Å². The molecule has 25 heavy (non-hydrogen) atoms. The molecule has 3 aliphatic carbocycles. The average Bonchev–Trinajstić information content (AvgIpc) is 2.90. The number of phenols is 1. The number of carbonyl (C=O) groups excluding carboxylic acids is 1. The molecule has 1 N–H and O–H groups in total. The van der Waals surface area contributed by atoms with Gasteiger partial charge in [0.05, 0.1) is 7.11 Å². The van der Waals surface area contributed by atoms with Crippen LogP contribution >= 0.6 is 0 Å². The summed E-state index contributed by atoms with van der Waals surface area (Å²) < 4.78 is 10.9. The van der Waals surface area contributed by atoms with E-state index in [1.165, 1.54) is 18.1 Å². The summed E-state index contributed by atoms with van der Waals surface area (Å²) in [7, 11) is 1.60. The molecule has 0 aliphatic heterocycles. The maximum Gasteiger partial charge on any atom is 0.303 e. The first-order valence-corrected chi connectivity index (χ1v) is 9.19. The first-order valence-electron chi connectivity index (χ1n) is 9.19. The highest BCUT2D eigenvalue weighted by Crippen LogP contribution is 2.59. The molecule has 0 radical (unpaired) electrons. The van der Waals surface area contributed by atoms with Crippen LogP contribution in [-0.4, -0.2) is 24.3 Å². The van der Waals surface area contributed by atoms with Gasteiger partial charge in [0.15, 0.2) is 11.5 Å². The number of aromatic hydroxyl groups is 1. The molecule has 0 bridgehead atoms. The van der Waals surface area contributed by atoms with Crippen LogP contribution in [0.1, 0.15) is 50.2 Å². The first kappa shape index (κ1) is 16.5. The van der Waals surface area contributed by atoms with E-state index in [1.807, 2.05) is 12.1 Å². The molecule has 1 saturated carbocycles. The lowest BCUT2D eigenvalue weighted by molar-refractivity contribution is -0.152. The van der Waals surface area contributed by atoms with E-state index in [9.17, 15) is 9.90 Å². The lowest BCUT2D eigenvalue weighted by atomic mass is 9.55. The number of fused-ring (bicyclic) bond motifs is 5. The molecule has 0 unspecified atom stereocenters. The number of esters is 1. The van der Waals surface area contributed by atoms with Gasteiger partial charge < -0.3 is 14.6 Å². The predicted octanol–water partition coefficient (Wildman–Crippen LogP) is 3.96. The van der Waals surface area contributed by atoms with Gasteiger partial charge in [-0.3, -0.25) is 4.79 Å². The standard InChI is InChI=1S/C21H26O4/c1-12(22)25-20-7-6-17-15-5-4-13-10-18(23)19(24-3)11-16(13)14(15)8-9-21(17,20)2/h6-7,10-11,14-15,17,20,23H,4-5,8-9H2,1-3H3/t14-,15+,17-,20-,21-/m0/s1. The fraction of sp³-hybridized carbons (Fsp3) is 0.571. The van der Waals surface area contributed by atoms with E-state index in [4.69, 9.17) is 9.47 Å². The van der Waals surface area contributed by atoms with E-state index in [0.717, 1.165) is 25.7 Å². The molecule has 0 aromatic heterocycles. The van der Waals surface area contributed by atoms with Gasteiger partial charge in [-0.05, 0) is 72.8 Å². The van der Waals surface area contributed by atoms with Crippen molar-refractivity contribution in [1.29, 1.82) is 0 Å². The Morgan fingerprint density at radius 3 is 2.80 bits per heavy atom. The summed E-state index contributed by atoms with van der Waals surface area (Å²) in [5.41, 5.74) is 2.59. The zero-order chi connectivity index (χ0) is 17.8. The quantitative estimate of drug-likeness (QED) is 0.653. The molecule has 1 aromatic carbocycles. The van der Waals surface area contributed by atoms with Crippen molar-refractivity contribution in [3.63, 3.8) is 0 Å². The summed E-state index contributed by atoms with van der Waals surface area (Å²) in [6.07, 6.45) is 8.48. The Morgan fingerprint density at radius 1 is 1.28 bits per heavy atom. The van der Waals surface area contributed by atoms with Crippen LogP contribution in [0, 0.1) is 17.3 Å². The van der Waals surface area contributed by atoms with Crippen LogP contribution < -0.4 is 4.74 Å². The highest BCUT2D eigenvalue weighted by Gasteiger charge is 2.53. The smallest absolute Gasteiger partial charge is 0.303 e. The van der Waals surface area contributed by atoms with Crippen molar-refractivity contribution in [1.82, 2.24) is 0 Å². The van der Waals surface area contributed by atoms with Crippen molar-refractivity contribution in [2.24, 2.45) is 17.3 Å². The lowest BCUT2D eigenvalue weighted by Crippen LogP contribution is -2.45. The van der Waals surface area contributed by atoms with Crippen molar-refractivity contribution in [3.8, 4) is 11.5 Å². The predicted molar refractivity (Wildman–Crippen MR) is 94.7 cm³/mol. The molecule has 5 atom stereocenters. The highest BCUT2D eigenvalue weighted by atomic mass is 16.5. The third kappa shape index (κ3) is 2.45. The summed E-state index contributed by atoms with van der Waals surface area (Å²) in [6, 6.07) is 3.91. The van der Waals surface area contributed by atoms with E-state index in [-0.39, 0.29) is 23.2 Å². The van der Waals surface area contributed by atoms with Gasteiger partial charge in [-0.25, -0.2) is 0 Å². The van der Waals surface area contributed by atoms with Crippen LogP contribution in [0.2, 0.25) is 0 Å². The molecule has 0 amide bonds. The van der Waals surface area contributed by atoms with Crippen molar-refractivity contribution in [2.45, 2.75) is 51.6 Å². The molecular formula is C21H26O4. The minimum atomic E-state index is -0.201. The summed E-state index contributed by atoms with van der Waals surface area (Å²) in [6.45, 7) is 3.76. The molecule has 4 nitrogen and oxygen atoms in total. The molecule has 0 heterocycles. The second-order valence-electron chi connectivity index (χ2n) is 8.02. The maximum absolute atomic E-state index is 11.5. The van der Waals surface area contributed by atoms with Crippen molar-refractivity contribution >= 4 is 5.97 Å². The fourth-order valence-corrected chi connectivity index (χ4v) is 5.52. The number of rotatable bonds is 2. The van der Waals surface area contributed by atoms with Gasteiger partial charge in [-0.15, -0.1) is 0 Å². The summed E-state index contributed by atoms with van der Waals surface area (Å²) in [5.74, 6) is 2.06. The van der Waals surface area contributed by atoms with Crippen LogP contribution in [0.3, 0.4) is 0 Å². The van der Waals surface area contributed by atoms with Gasteiger partial charge in [0, 0.05) is 12.3 Å². The summed E-state index contributed by atoms with van der Waals surface area (Å²) >= 11 is 0. The van der Waals surface area contributed by atoms with Crippen LogP contribution in [0.5, 0.6) is 11.5 Å². The maximum atomic E-state index is 11.5. The highest BCUT2D eigenvalue weighted by molar-refractivity contribution is 5.66. The Morgan fingerprint density at radius 2 is 2.08 bits per heavy atom. The van der Waals surface area contributed by atoms with Gasteiger partial charge >= 0.3 is 5.97 Å². The molecule has 0 spiro atoms. The second kappa shape index (κ2) is 5.79. The number of hydrogen-bond donors (Lipinski definition) is 1. The van der Waals surface area contributed by atoms with Crippen LogP contribution in [0.25, 0.3) is 0 Å². The number of aryl methyl sites for hydroxylation is 1. The first-order chi connectivity index (χ1) is 11.9. The van der Waals surface area contributed by atoms with Gasteiger partial charge in [-0.1, -0.05) is 13.0 Å². The third-order valence-electron chi connectivity index (χ3n) is 6.76. The van der Waals surface area contributed by atoms with Crippen LogP contribution in [0.15, 0.2) is 24.3 Å². The number of methoxy groups -OCH3 is 1. The SMILES string of the molecule is COc1cc2c(cc1O)CC[C@@H]1[C@@H]2CC[C@]2(C)[C@@H](OC(C)=O)C=C[C@@H]12. The summed E-state index contributed by atoms with van der Waals surface area (Å²) in [5, 5.41) is 10.1. The minimum absolute atomic E-state index is 0.00530. The Labute approximate surface area is 148 Å². The Hall–Kier alpha value is -1.97. The third-order valence-corrected chi connectivity index (χ3v) is 6.76. The molecule has 3 aliphatic rings. The van der Waals surface area contributed by atoms with Gasteiger partial charge in [-0.2, -0.15) is 0 Å². The molecule has 134 valence electrons. The van der Waals surface area contributed by atoms with Gasteiger partial charge in [0.25, 0.3) is 0 Å². The molecule has 4 rings (SSSR count). The Bertz CT molecular complexity index is 738. The van der Waals surface area contributed by atoms with E-state index < -0.39 is 0 Å². The lowest BCUT2D eigenvalue weighted by Gasteiger charge is -2.50. The van der Waals surface area contributed by atoms with Gasteiger partial charge in [0.1, 0.15) is 6.10 Å². The van der Waals surface area contributed by atoms with Crippen molar-refractivity contribution in [3.05, 3.63) is 35.4 Å². The van der Waals surface area contributed by atoms with Crippen molar-refractivity contribution in [2.75, 3.05) is 7.11 Å². The number of benzene rings is 1. The molecule has 1 fully saturated rings. The Balaban J connectivity index is 1.66. The topological polar surface area (TPSA) is 55.8 Å². The molecule has 0 saturated heterocycles. The average molecular weight is 342 g/mol.